The van der Waals surface area contributed by atoms with Crippen LogP contribution in [0, 0.1) is 5.92 Å². The van der Waals surface area contributed by atoms with E-state index in [-0.39, 0.29) is 5.92 Å². The number of benzene rings is 2. The molecule has 0 spiro atoms. The Morgan fingerprint density at radius 2 is 1.14 bits per heavy atom. The van der Waals surface area contributed by atoms with Gasteiger partial charge < -0.3 is 0 Å². The van der Waals surface area contributed by atoms with E-state index >= 15 is 0 Å². The van der Waals surface area contributed by atoms with Crippen molar-refractivity contribution in [1.29, 1.82) is 0 Å². The Labute approximate surface area is 177 Å². The fourth-order valence-corrected chi connectivity index (χ4v) is 4.49. The second-order valence-corrected chi connectivity index (χ2v) is 8.67. The standard InChI is InChI=1S/C27H37NO/c29-27-20-14-6-4-2-1-3-5-13-19-26(27)23-28(21-24-15-9-7-10-16-24)22-25-17-11-8-12-18-25/h7-12,15-18,26H,1-6,13-14,19-23H2/t26-/m0/s1. The van der Waals surface area contributed by atoms with Crippen molar-refractivity contribution >= 4 is 5.78 Å². The molecule has 29 heavy (non-hydrogen) atoms. The fourth-order valence-electron chi connectivity index (χ4n) is 4.49. The Morgan fingerprint density at radius 3 is 1.69 bits per heavy atom. The first kappa shape index (κ1) is 21.8. The van der Waals surface area contributed by atoms with Gasteiger partial charge in [0.2, 0.25) is 0 Å². The van der Waals surface area contributed by atoms with Crippen LogP contribution < -0.4 is 0 Å². The molecule has 2 nitrogen and oxygen atoms in total. The zero-order chi connectivity index (χ0) is 20.2. The SMILES string of the molecule is O=C1CCCCCCCCCC[C@H]1CN(Cc1ccccc1)Cc1ccccc1. The van der Waals surface area contributed by atoms with E-state index in [0.29, 0.717) is 5.78 Å². The number of rotatable bonds is 6. The number of nitrogens with zero attached hydrogens (tertiary/aromatic N) is 1. The van der Waals surface area contributed by atoms with Crippen molar-refractivity contribution in [1.82, 2.24) is 4.90 Å². The molecule has 0 N–H and O–H groups in total. The zero-order valence-electron chi connectivity index (χ0n) is 17.9. The van der Waals surface area contributed by atoms with E-state index < -0.39 is 0 Å². The first-order chi connectivity index (χ1) is 14.3. The topological polar surface area (TPSA) is 20.3 Å². The number of carbonyl (C=O) groups is 1. The molecule has 0 heterocycles. The molecule has 156 valence electrons. The summed E-state index contributed by atoms with van der Waals surface area (Å²) in [6, 6.07) is 21.4. The largest absolute Gasteiger partial charge is 0.299 e. The molecule has 0 aromatic heterocycles. The third-order valence-electron chi connectivity index (χ3n) is 6.16. The lowest BCUT2D eigenvalue weighted by Gasteiger charge is -2.27. The summed E-state index contributed by atoms with van der Waals surface area (Å²) in [5.74, 6) is 0.679. The summed E-state index contributed by atoms with van der Waals surface area (Å²) in [7, 11) is 0. The van der Waals surface area contributed by atoms with E-state index in [4.69, 9.17) is 0 Å². The Balaban J connectivity index is 1.69. The first-order valence-electron chi connectivity index (χ1n) is 11.6. The van der Waals surface area contributed by atoms with Crippen LogP contribution in [0.5, 0.6) is 0 Å². The fraction of sp³-hybridized carbons (Fsp3) is 0.519. The van der Waals surface area contributed by atoms with Crippen molar-refractivity contribution in [3.05, 3.63) is 71.8 Å². The summed E-state index contributed by atoms with van der Waals surface area (Å²) in [6.45, 7) is 2.68. The van der Waals surface area contributed by atoms with Gasteiger partial charge in [0, 0.05) is 32.0 Å². The summed E-state index contributed by atoms with van der Waals surface area (Å²) in [6.07, 6.45) is 11.9. The third kappa shape index (κ3) is 8.14. The second kappa shape index (κ2) is 12.6. The van der Waals surface area contributed by atoms with E-state index in [9.17, 15) is 4.79 Å². The highest BCUT2D eigenvalue weighted by atomic mass is 16.1. The van der Waals surface area contributed by atoms with Gasteiger partial charge in [0.1, 0.15) is 5.78 Å². The summed E-state index contributed by atoms with van der Waals surface area (Å²) in [5, 5.41) is 0. The van der Waals surface area contributed by atoms with E-state index in [1.54, 1.807) is 0 Å². The number of hydrogen-bond donors (Lipinski definition) is 0. The van der Waals surface area contributed by atoms with Crippen LogP contribution in [0.4, 0.5) is 0 Å². The summed E-state index contributed by atoms with van der Waals surface area (Å²) in [5.41, 5.74) is 2.65. The first-order valence-corrected chi connectivity index (χ1v) is 11.6. The van der Waals surface area contributed by atoms with Gasteiger partial charge in [-0.15, -0.1) is 0 Å². The Hall–Kier alpha value is -1.93. The molecular formula is C27H37NO. The van der Waals surface area contributed by atoms with Crippen molar-refractivity contribution in [3.8, 4) is 0 Å². The average Bonchev–Trinajstić information content (AvgIpc) is 2.74. The number of hydrogen-bond acceptors (Lipinski definition) is 2. The zero-order valence-corrected chi connectivity index (χ0v) is 17.9. The summed E-state index contributed by atoms with van der Waals surface area (Å²) < 4.78 is 0. The molecule has 0 radical (unpaired) electrons. The van der Waals surface area contributed by atoms with Crippen LogP contribution in [-0.2, 0) is 17.9 Å². The lowest BCUT2D eigenvalue weighted by atomic mass is 9.91. The summed E-state index contributed by atoms with van der Waals surface area (Å²) >= 11 is 0. The maximum atomic E-state index is 13.0. The quantitative estimate of drug-likeness (QED) is 0.540. The highest BCUT2D eigenvalue weighted by Gasteiger charge is 2.22. The molecule has 2 aromatic rings. The monoisotopic (exact) mass is 391 g/mol. The van der Waals surface area contributed by atoms with Crippen molar-refractivity contribution in [2.75, 3.05) is 6.54 Å². The number of Topliss-reactive ketones (excluding diaryl/α,β-unsaturated/α-hetero) is 1. The predicted octanol–water partition coefficient (Wildman–Crippen LogP) is 6.79. The molecule has 1 saturated carbocycles. The van der Waals surface area contributed by atoms with E-state index in [1.165, 1.54) is 56.1 Å². The molecule has 1 fully saturated rings. The van der Waals surface area contributed by atoms with Gasteiger partial charge in [-0.2, -0.15) is 0 Å². The molecule has 0 aliphatic heterocycles. The molecule has 0 amide bonds. The van der Waals surface area contributed by atoms with Gasteiger partial charge in [0.15, 0.2) is 0 Å². The van der Waals surface area contributed by atoms with E-state index in [1.807, 2.05) is 0 Å². The normalized spacial score (nSPS) is 19.5. The van der Waals surface area contributed by atoms with Gasteiger partial charge in [0.25, 0.3) is 0 Å². The third-order valence-corrected chi connectivity index (χ3v) is 6.16. The maximum absolute atomic E-state index is 13.0. The van der Waals surface area contributed by atoms with Gasteiger partial charge in [-0.05, 0) is 24.0 Å². The van der Waals surface area contributed by atoms with Gasteiger partial charge in [-0.25, -0.2) is 0 Å². The van der Waals surface area contributed by atoms with Crippen LogP contribution in [0.15, 0.2) is 60.7 Å². The van der Waals surface area contributed by atoms with Crippen LogP contribution in [0.3, 0.4) is 0 Å². The molecule has 0 bridgehead atoms. The molecule has 3 rings (SSSR count). The van der Waals surface area contributed by atoms with Gasteiger partial charge in [-0.1, -0.05) is 106 Å². The van der Waals surface area contributed by atoms with Crippen LogP contribution in [0.1, 0.15) is 75.3 Å². The van der Waals surface area contributed by atoms with Gasteiger partial charge in [-0.3, -0.25) is 9.69 Å². The van der Waals surface area contributed by atoms with E-state index in [0.717, 1.165) is 38.9 Å². The molecule has 0 saturated heterocycles. The molecule has 1 atom stereocenters. The van der Waals surface area contributed by atoms with E-state index in [2.05, 4.69) is 65.6 Å². The molecular weight excluding hydrogens is 354 g/mol. The molecule has 1 aliphatic rings. The minimum atomic E-state index is 0.182. The average molecular weight is 392 g/mol. The molecule has 2 heteroatoms. The molecule has 1 aliphatic carbocycles. The predicted molar refractivity (Wildman–Crippen MR) is 122 cm³/mol. The Kier molecular flexibility index (Phi) is 9.45. The van der Waals surface area contributed by atoms with Crippen LogP contribution >= 0.6 is 0 Å². The van der Waals surface area contributed by atoms with Crippen LogP contribution in [0.25, 0.3) is 0 Å². The lowest BCUT2D eigenvalue weighted by Crippen LogP contribution is -2.33. The van der Waals surface area contributed by atoms with Crippen molar-refractivity contribution in [2.45, 2.75) is 77.3 Å². The summed E-state index contributed by atoms with van der Waals surface area (Å²) in [4.78, 5) is 15.5. The molecule has 2 aromatic carbocycles. The Bertz CT molecular complexity index is 655. The number of carbonyl (C=O) groups excluding carboxylic acids is 1. The minimum Gasteiger partial charge on any atom is -0.299 e. The highest BCUT2D eigenvalue weighted by molar-refractivity contribution is 5.81. The maximum Gasteiger partial charge on any atom is 0.137 e. The Morgan fingerprint density at radius 1 is 0.655 bits per heavy atom. The van der Waals surface area contributed by atoms with Crippen LogP contribution in [0.2, 0.25) is 0 Å². The van der Waals surface area contributed by atoms with Crippen molar-refractivity contribution < 1.29 is 4.79 Å². The lowest BCUT2D eigenvalue weighted by molar-refractivity contribution is -0.124. The highest BCUT2D eigenvalue weighted by Crippen LogP contribution is 2.21. The van der Waals surface area contributed by atoms with Crippen LogP contribution in [-0.4, -0.2) is 17.2 Å². The second-order valence-electron chi connectivity index (χ2n) is 8.67. The van der Waals surface area contributed by atoms with Gasteiger partial charge >= 0.3 is 0 Å². The van der Waals surface area contributed by atoms with Gasteiger partial charge in [0.05, 0.1) is 0 Å². The van der Waals surface area contributed by atoms with Crippen molar-refractivity contribution in [2.24, 2.45) is 5.92 Å². The van der Waals surface area contributed by atoms with Crippen molar-refractivity contribution in [3.63, 3.8) is 0 Å². The minimum absolute atomic E-state index is 0.182. The smallest absolute Gasteiger partial charge is 0.137 e. The molecule has 0 unspecified atom stereocenters. The number of ketones is 1.